The van der Waals surface area contributed by atoms with Crippen molar-refractivity contribution in [3.8, 4) is 5.69 Å². The van der Waals surface area contributed by atoms with Gasteiger partial charge < -0.3 is 14.6 Å². The summed E-state index contributed by atoms with van der Waals surface area (Å²) >= 11 is 0. The highest BCUT2D eigenvalue weighted by atomic mass is 16.5. The van der Waals surface area contributed by atoms with Crippen LogP contribution in [0.2, 0.25) is 0 Å². The number of ether oxygens (including phenoxy) is 1. The van der Waals surface area contributed by atoms with Gasteiger partial charge in [-0.05, 0) is 42.3 Å². The lowest BCUT2D eigenvalue weighted by Gasteiger charge is -2.15. The smallest absolute Gasteiger partial charge is 0.251 e. The molecule has 25 heavy (non-hydrogen) atoms. The topological polar surface area (TPSA) is 56.1 Å². The van der Waals surface area contributed by atoms with Gasteiger partial charge in [0, 0.05) is 30.8 Å². The van der Waals surface area contributed by atoms with Crippen molar-refractivity contribution in [2.75, 3.05) is 7.11 Å². The van der Waals surface area contributed by atoms with Gasteiger partial charge in [-0.25, -0.2) is 4.98 Å². The summed E-state index contributed by atoms with van der Waals surface area (Å²) in [5.74, 6) is -0.0934. The van der Waals surface area contributed by atoms with E-state index in [0.717, 1.165) is 16.8 Å². The Bertz CT molecular complexity index is 826. The van der Waals surface area contributed by atoms with E-state index in [2.05, 4.69) is 10.3 Å². The number of hydrogen-bond donors (Lipinski definition) is 1. The van der Waals surface area contributed by atoms with E-state index in [9.17, 15) is 4.79 Å². The van der Waals surface area contributed by atoms with E-state index in [1.807, 2.05) is 66.2 Å². The number of carbonyl (C=O) groups is 1. The van der Waals surface area contributed by atoms with Crippen molar-refractivity contribution in [1.29, 1.82) is 0 Å². The number of nitrogens with one attached hydrogen (secondary N) is 1. The average Bonchev–Trinajstić information content (AvgIpc) is 3.17. The first-order valence-electron chi connectivity index (χ1n) is 8.14. The Morgan fingerprint density at radius 1 is 1.24 bits per heavy atom. The molecule has 1 aromatic heterocycles. The Hall–Kier alpha value is -2.92. The van der Waals surface area contributed by atoms with Crippen molar-refractivity contribution < 1.29 is 9.53 Å². The predicted octanol–water partition coefficient (Wildman–Crippen LogP) is 3.51. The lowest BCUT2D eigenvalue weighted by atomic mass is 10.1. The van der Waals surface area contributed by atoms with Crippen molar-refractivity contribution in [3.63, 3.8) is 0 Å². The molecule has 5 nitrogen and oxygen atoms in total. The van der Waals surface area contributed by atoms with Crippen molar-refractivity contribution in [1.82, 2.24) is 14.9 Å². The Morgan fingerprint density at radius 3 is 2.72 bits per heavy atom. The van der Waals surface area contributed by atoms with E-state index >= 15 is 0 Å². The molecule has 3 aromatic rings. The molecule has 128 valence electrons. The standard InChI is InChI=1S/C20H21N3O2/c1-15(17-6-8-19(9-7-17)23-11-10-21-14-23)22-20(24)18-5-3-4-16(12-18)13-25-2/h3-12,14-15H,13H2,1-2H3,(H,22,24)/t15-/m0/s1. The van der Waals surface area contributed by atoms with Gasteiger partial charge in [-0.1, -0.05) is 24.3 Å². The van der Waals surface area contributed by atoms with Gasteiger partial charge in [-0.2, -0.15) is 0 Å². The fourth-order valence-electron chi connectivity index (χ4n) is 2.68. The van der Waals surface area contributed by atoms with Gasteiger partial charge in [0.05, 0.1) is 19.0 Å². The molecule has 0 saturated heterocycles. The van der Waals surface area contributed by atoms with Crippen molar-refractivity contribution in [2.45, 2.75) is 19.6 Å². The third-order valence-corrected chi connectivity index (χ3v) is 4.04. The summed E-state index contributed by atoms with van der Waals surface area (Å²) in [5.41, 5.74) is 3.70. The lowest BCUT2D eigenvalue weighted by molar-refractivity contribution is 0.0939. The summed E-state index contributed by atoms with van der Waals surface area (Å²) in [6, 6.07) is 15.4. The Morgan fingerprint density at radius 2 is 2.04 bits per heavy atom. The zero-order valence-corrected chi connectivity index (χ0v) is 14.3. The number of aromatic nitrogens is 2. The van der Waals surface area contributed by atoms with E-state index in [1.165, 1.54) is 0 Å². The summed E-state index contributed by atoms with van der Waals surface area (Å²) in [7, 11) is 1.64. The van der Waals surface area contributed by atoms with Crippen LogP contribution in [0, 0.1) is 0 Å². The predicted molar refractivity (Wildman–Crippen MR) is 96.6 cm³/mol. The van der Waals surface area contributed by atoms with E-state index < -0.39 is 0 Å². The minimum Gasteiger partial charge on any atom is -0.380 e. The number of hydrogen-bond acceptors (Lipinski definition) is 3. The summed E-state index contributed by atoms with van der Waals surface area (Å²) in [6.45, 7) is 2.47. The molecule has 1 atom stereocenters. The molecule has 1 N–H and O–H groups in total. The number of methoxy groups -OCH3 is 1. The Balaban J connectivity index is 1.68. The van der Waals surface area contributed by atoms with E-state index in [1.54, 1.807) is 19.6 Å². The molecule has 0 aliphatic rings. The maximum absolute atomic E-state index is 12.5. The quantitative estimate of drug-likeness (QED) is 0.750. The molecule has 2 aromatic carbocycles. The molecule has 0 saturated carbocycles. The maximum atomic E-state index is 12.5. The first kappa shape index (κ1) is 16.9. The first-order chi connectivity index (χ1) is 12.2. The molecule has 0 spiro atoms. The van der Waals surface area contributed by atoms with Crippen LogP contribution in [0.15, 0.2) is 67.3 Å². The lowest BCUT2D eigenvalue weighted by Crippen LogP contribution is -2.26. The van der Waals surface area contributed by atoms with Gasteiger partial charge in [0.2, 0.25) is 0 Å². The van der Waals surface area contributed by atoms with Crippen molar-refractivity contribution >= 4 is 5.91 Å². The number of nitrogens with zero attached hydrogens (tertiary/aromatic N) is 2. The fourth-order valence-corrected chi connectivity index (χ4v) is 2.68. The highest BCUT2D eigenvalue weighted by molar-refractivity contribution is 5.94. The SMILES string of the molecule is COCc1cccc(C(=O)N[C@@H](C)c2ccc(-n3ccnc3)cc2)c1. The monoisotopic (exact) mass is 335 g/mol. The van der Waals surface area contributed by atoms with Crippen LogP contribution in [0.4, 0.5) is 0 Å². The molecular weight excluding hydrogens is 314 g/mol. The molecule has 0 aliphatic heterocycles. The zero-order valence-electron chi connectivity index (χ0n) is 14.3. The second-order valence-electron chi connectivity index (χ2n) is 5.89. The fraction of sp³-hybridized carbons (Fsp3) is 0.200. The number of benzene rings is 2. The summed E-state index contributed by atoms with van der Waals surface area (Å²) < 4.78 is 7.06. The largest absolute Gasteiger partial charge is 0.380 e. The molecule has 1 amide bonds. The van der Waals surface area contributed by atoms with Crippen LogP contribution >= 0.6 is 0 Å². The van der Waals surface area contributed by atoms with Crippen LogP contribution < -0.4 is 5.32 Å². The normalized spacial score (nSPS) is 11.9. The van der Waals surface area contributed by atoms with E-state index in [4.69, 9.17) is 4.74 Å². The van der Waals surface area contributed by atoms with E-state index in [-0.39, 0.29) is 11.9 Å². The third-order valence-electron chi connectivity index (χ3n) is 4.04. The number of rotatable bonds is 6. The van der Waals surface area contributed by atoms with Crippen molar-refractivity contribution in [3.05, 3.63) is 83.9 Å². The minimum atomic E-state index is -0.0934. The summed E-state index contributed by atoms with van der Waals surface area (Å²) in [6.07, 6.45) is 5.40. The Labute approximate surface area is 147 Å². The molecule has 0 fully saturated rings. The van der Waals surface area contributed by atoms with Gasteiger partial charge in [-0.3, -0.25) is 4.79 Å². The van der Waals surface area contributed by atoms with E-state index in [0.29, 0.717) is 12.2 Å². The molecule has 3 rings (SSSR count). The molecule has 0 aliphatic carbocycles. The number of carbonyl (C=O) groups excluding carboxylic acids is 1. The van der Waals surface area contributed by atoms with Crippen LogP contribution in [-0.2, 0) is 11.3 Å². The minimum absolute atomic E-state index is 0.0876. The second kappa shape index (κ2) is 7.77. The summed E-state index contributed by atoms with van der Waals surface area (Å²) in [5, 5.41) is 3.04. The molecular formula is C20H21N3O2. The molecule has 5 heteroatoms. The van der Waals surface area contributed by atoms with Crippen molar-refractivity contribution in [2.24, 2.45) is 0 Å². The van der Waals surface area contributed by atoms with Crippen LogP contribution in [-0.4, -0.2) is 22.6 Å². The van der Waals surface area contributed by atoms with Gasteiger partial charge in [0.15, 0.2) is 0 Å². The third kappa shape index (κ3) is 4.14. The Kier molecular flexibility index (Phi) is 5.26. The molecule has 0 bridgehead atoms. The van der Waals surface area contributed by atoms with Crippen LogP contribution in [0.25, 0.3) is 5.69 Å². The summed E-state index contributed by atoms with van der Waals surface area (Å²) in [4.78, 5) is 16.5. The van der Waals surface area contributed by atoms with Crippen LogP contribution in [0.3, 0.4) is 0 Å². The zero-order chi connectivity index (χ0) is 17.6. The first-order valence-corrected chi connectivity index (χ1v) is 8.14. The second-order valence-corrected chi connectivity index (χ2v) is 5.89. The average molecular weight is 335 g/mol. The number of imidazole rings is 1. The molecule has 1 heterocycles. The van der Waals surface area contributed by atoms with Gasteiger partial charge >= 0.3 is 0 Å². The van der Waals surface area contributed by atoms with Gasteiger partial charge in [0.25, 0.3) is 5.91 Å². The highest BCUT2D eigenvalue weighted by Crippen LogP contribution is 2.16. The van der Waals surface area contributed by atoms with Gasteiger partial charge in [-0.15, -0.1) is 0 Å². The van der Waals surface area contributed by atoms with Crippen LogP contribution in [0.5, 0.6) is 0 Å². The number of amides is 1. The highest BCUT2D eigenvalue weighted by Gasteiger charge is 2.12. The van der Waals surface area contributed by atoms with Gasteiger partial charge in [0.1, 0.15) is 0 Å². The molecule has 0 unspecified atom stereocenters. The maximum Gasteiger partial charge on any atom is 0.251 e. The van der Waals surface area contributed by atoms with Crippen LogP contribution in [0.1, 0.15) is 34.5 Å². The molecule has 0 radical (unpaired) electrons.